The molecule has 3 nitrogen and oxygen atoms in total. The van der Waals surface area contributed by atoms with Crippen LogP contribution in [0.2, 0.25) is 10.2 Å². The summed E-state index contributed by atoms with van der Waals surface area (Å²) in [4.78, 5) is 13.0. The molecule has 0 atom stereocenters. The van der Waals surface area contributed by atoms with Gasteiger partial charge in [0.15, 0.2) is 0 Å². The van der Waals surface area contributed by atoms with E-state index in [1.54, 1.807) is 31.8 Å². The molecule has 0 radical (unpaired) electrons. The van der Waals surface area contributed by atoms with Crippen molar-refractivity contribution in [2.45, 2.75) is 0 Å². The van der Waals surface area contributed by atoms with Crippen molar-refractivity contribution in [3.63, 3.8) is 0 Å². The Balaban J connectivity index is 3.16. The highest BCUT2D eigenvalue weighted by Gasteiger charge is 2.16. The molecule has 1 heterocycles. The van der Waals surface area contributed by atoms with Gasteiger partial charge >= 0.3 is 0 Å². The number of hydrogen-bond donors (Lipinski definition) is 0. The first-order chi connectivity index (χ1) is 5.95. The number of aromatic nitrogens is 1. The zero-order valence-corrected chi connectivity index (χ0v) is 9.15. The average Bonchev–Trinajstić information content (AvgIpc) is 2.31. The Bertz CT molecular complexity index is 344. The summed E-state index contributed by atoms with van der Waals surface area (Å²) in [7, 11) is 5.05. The Morgan fingerprint density at radius 3 is 2.31 bits per heavy atom. The van der Waals surface area contributed by atoms with Gasteiger partial charge in [0.2, 0.25) is 0 Å². The minimum atomic E-state index is -0.115. The van der Waals surface area contributed by atoms with Crippen LogP contribution < -0.4 is 0 Å². The molecule has 0 saturated carbocycles. The van der Waals surface area contributed by atoms with E-state index in [0.717, 1.165) is 0 Å². The van der Waals surface area contributed by atoms with Crippen LogP contribution in [-0.2, 0) is 7.05 Å². The second-order valence-electron chi connectivity index (χ2n) is 2.93. The van der Waals surface area contributed by atoms with Gasteiger partial charge in [-0.1, -0.05) is 23.2 Å². The summed E-state index contributed by atoms with van der Waals surface area (Å²) < 4.78 is 1.56. The molecule has 0 aromatic carbocycles. The first-order valence-electron chi connectivity index (χ1n) is 3.67. The molecule has 0 aliphatic heterocycles. The summed E-state index contributed by atoms with van der Waals surface area (Å²) in [6.45, 7) is 0. The molecule has 0 bridgehead atoms. The third-order valence-corrected chi connectivity index (χ3v) is 2.58. The molecule has 0 aliphatic carbocycles. The molecule has 72 valence electrons. The monoisotopic (exact) mass is 220 g/mol. The van der Waals surface area contributed by atoms with E-state index < -0.39 is 0 Å². The number of halogens is 2. The molecular formula is C8H10Cl2N2O. The summed E-state index contributed by atoms with van der Waals surface area (Å²) in [5.74, 6) is -0.115. The van der Waals surface area contributed by atoms with Crippen molar-refractivity contribution >= 4 is 29.1 Å². The van der Waals surface area contributed by atoms with Crippen molar-refractivity contribution in [3.8, 4) is 0 Å². The van der Waals surface area contributed by atoms with Crippen molar-refractivity contribution in [2.24, 2.45) is 7.05 Å². The van der Waals surface area contributed by atoms with Crippen molar-refractivity contribution in [1.82, 2.24) is 9.47 Å². The standard InChI is InChI=1S/C8H10Cl2N2O/c1-11(2)8(13)6-4-5(9)7(10)12(6)3/h4H,1-3H3. The van der Waals surface area contributed by atoms with E-state index in [2.05, 4.69) is 0 Å². The molecule has 0 fully saturated rings. The lowest BCUT2D eigenvalue weighted by Crippen LogP contribution is -2.23. The van der Waals surface area contributed by atoms with Gasteiger partial charge in [0, 0.05) is 21.1 Å². The van der Waals surface area contributed by atoms with Gasteiger partial charge in [-0.05, 0) is 6.07 Å². The molecule has 1 rings (SSSR count). The van der Waals surface area contributed by atoms with Gasteiger partial charge in [0.25, 0.3) is 5.91 Å². The maximum Gasteiger partial charge on any atom is 0.270 e. The molecule has 5 heteroatoms. The van der Waals surface area contributed by atoms with Gasteiger partial charge in [-0.3, -0.25) is 4.79 Å². The zero-order chi connectivity index (χ0) is 10.2. The molecule has 1 amide bonds. The van der Waals surface area contributed by atoms with Gasteiger partial charge in [0.1, 0.15) is 10.8 Å². The van der Waals surface area contributed by atoms with E-state index in [9.17, 15) is 4.79 Å². The number of nitrogens with zero attached hydrogens (tertiary/aromatic N) is 2. The number of carbonyl (C=O) groups is 1. The minimum Gasteiger partial charge on any atom is -0.343 e. The van der Waals surface area contributed by atoms with Crippen molar-refractivity contribution in [2.75, 3.05) is 14.1 Å². The Labute approximate surface area is 86.8 Å². The summed E-state index contributed by atoms with van der Waals surface area (Å²) in [5, 5.41) is 0.779. The van der Waals surface area contributed by atoms with Crippen LogP contribution in [0.5, 0.6) is 0 Å². The molecule has 0 saturated heterocycles. The molecule has 0 N–H and O–H groups in total. The van der Waals surface area contributed by atoms with Crippen molar-refractivity contribution < 1.29 is 4.79 Å². The lowest BCUT2D eigenvalue weighted by atomic mass is 10.4. The Morgan fingerprint density at radius 2 is 2.00 bits per heavy atom. The number of rotatable bonds is 1. The van der Waals surface area contributed by atoms with Gasteiger partial charge in [-0.25, -0.2) is 0 Å². The lowest BCUT2D eigenvalue weighted by Gasteiger charge is -2.10. The fourth-order valence-corrected chi connectivity index (χ4v) is 1.35. The van der Waals surface area contributed by atoms with Crippen LogP contribution in [0.3, 0.4) is 0 Å². The summed E-state index contributed by atoms with van der Waals surface area (Å²) >= 11 is 11.6. The molecule has 0 spiro atoms. The van der Waals surface area contributed by atoms with Crippen LogP contribution in [0, 0.1) is 0 Å². The third kappa shape index (κ3) is 1.81. The number of carbonyl (C=O) groups excluding carboxylic acids is 1. The summed E-state index contributed by atoms with van der Waals surface area (Å²) in [6.07, 6.45) is 0. The molecule has 13 heavy (non-hydrogen) atoms. The first kappa shape index (κ1) is 10.4. The van der Waals surface area contributed by atoms with Crippen LogP contribution in [0.4, 0.5) is 0 Å². The van der Waals surface area contributed by atoms with Crippen LogP contribution >= 0.6 is 23.2 Å². The average molecular weight is 221 g/mol. The highest BCUT2D eigenvalue weighted by atomic mass is 35.5. The second-order valence-corrected chi connectivity index (χ2v) is 3.69. The normalized spacial score (nSPS) is 10.2. The Kier molecular flexibility index (Phi) is 2.88. The molecular weight excluding hydrogens is 211 g/mol. The van der Waals surface area contributed by atoms with Crippen LogP contribution in [-0.4, -0.2) is 29.5 Å². The van der Waals surface area contributed by atoms with E-state index in [0.29, 0.717) is 15.9 Å². The molecule has 0 aliphatic rings. The van der Waals surface area contributed by atoms with E-state index in [4.69, 9.17) is 23.2 Å². The molecule has 1 aromatic heterocycles. The lowest BCUT2D eigenvalue weighted by molar-refractivity contribution is 0.0818. The topological polar surface area (TPSA) is 25.2 Å². The van der Waals surface area contributed by atoms with Crippen LogP contribution in [0.1, 0.15) is 10.5 Å². The Morgan fingerprint density at radius 1 is 1.46 bits per heavy atom. The van der Waals surface area contributed by atoms with E-state index in [-0.39, 0.29) is 5.91 Å². The highest BCUT2D eigenvalue weighted by Crippen LogP contribution is 2.25. The molecule has 1 aromatic rings. The van der Waals surface area contributed by atoms with Crippen LogP contribution in [0.15, 0.2) is 6.07 Å². The number of hydrogen-bond acceptors (Lipinski definition) is 1. The maximum atomic E-state index is 11.5. The largest absolute Gasteiger partial charge is 0.343 e. The number of amides is 1. The van der Waals surface area contributed by atoms with E-state index in [1.165, 1.54) is 4.90 Å². The minimum absolute atomic E-state index is 0.115. The van der Waals surface area contributed by atoms with Crippen molar-refractivity contribution in [1.29, 1.82) is 0 Å². The van der Waals surface area contributed by atoms with Crippen LogP contribution in [0.25, 0.3) is 0 Å². The van der Waals surface area contributed by atoms with E-state index >= 15 is 0 Å². The smallest absolute Gasteiger partial charge is 0.270 e. The fraction of sp³-hybridized carbons (Fsp3) is 0.375. The predicted molar refractivity (Wildman–Crippen MR) is 53.5 cm³/mol. The summed E-state index contributed by atoms with van der Waals surface area (Å²) in [5.41, 5.74) is 0.486. The van der Waals surface area contributed by atoms with E-state index in [1.807, 2.05) is 0 Å². The predicted octanol–water partition coefficient (Wildman–Crippen LogP) is 2.03. The third-order valence-electron chi connectivity index (χ3n) is 1.74. The van der Waals surface area contributed by atoms with Gasteiger partial charge in [0.05, 0.1) is 5.02 Å². The van der Waals surface area contributed by atoms with Gasteiger partial charge in [-0.15, -0.1) is 0 Å². The molecule has 0 unspecified atom stereocenters. The first-order valence-corrected chi connectivity index (χ1v) is 4.43. The SMILES string of the molecule is CN(C)C(=O)c1cc(Cl)c(Cl)n1C. The fourth-order valence-electron chi connectivity index (χ4n) is 0.977. The quantitative estimate of drug-likeness (QED) is 0.712. The zero-order valence-electron chi connectivity index (χ0n) is 7.64. The summed E-state index contributed by atoms with van der Waals surface area (Å²) in [6, 6.07) is 1.56. The second kappa shape index (κ2) is 3.60. The van der Waals surface area contributed by atoms with Gasteiger partial charge < -0.3 is 9.47 Å². The van der Waals surface area contributed by atoms with Gasteiger partial charge in [-0.2, -0.15) is 0 Å². The highest BCUT2D eigenvalue weighted by molar-refractivity contribution is 6.41. The Hall–Kier alpha value is -0.670. The maximum absolute atomic E-state index is 11.5. The van der Waals surface area contributed by atoms with Crippen molar-refractivity contribution in [3.05, 3.63) is 21.9 Å².